The smallest absolute Gasteiger partial charge is 0.252 e. The van der Waals surface area contributed by atoms with Gasteiger partial charge in [0.2, 0.25) is 11.8 Å². The fraction of sp³-hybridized carbons (Fsp3) is 0.400. The average Bonchev–Trinajstić information content (AvgIpc) is 3.85. The van der Waals surface area contributed by atoms with Crippen molar-refractivity contribution >= 4 is 46.0 Å². The van der Waals surface area contributed by atoms with Gasteiger partial charge in [-0.2, -0.15) is 0 Å². The van der Waals surface area contributed by atoms with Gasteiger partial charge in [-0.3, -0.25) is 28.8 Å². The highest BCUT2D eigenvalue weighted by Crippen LogP contribution is 2.32. The molecule has 9 heteroatoms. The minimum atomic E-state index is -1.11. The van der Waals surface area contributed by atoms with Gasteiger partial charge in [-0.25, -0.2) is 0 Å². The molecular formula is C30H31ClN2O6. The summed E-state index contributed by atoms with van der Waals surface area (Å²) >= 11 is 5.16. The molecule has 4 fully saturated rings. The van der Waals surface area contributed by atoms with Crippen LogP contribution in [0, 0.1) is 5.92 Å². The predicted molar refractivity (Wildman–Crippen MR) is 144 cm³/mol. The van der Waals surface area contributed by atoms with Crippen molar-refractivity contribution in [2.24, 2.45) is 5.92 Å². The summed E-state index contributed by atoms with van der Waals surface area (Å²) in [6.07, 6.45) is 5.28. The normalized spacial score (nSPS) is 20.9. The molecule has 2 aliphatic heterocycles. The Hall–Kier alpha value is -3.65. The Morgan fingerprint density at radius 3 is 1.69 bits per heavy atom. The van der Waals surface area contributed by atoms with Crippen LogP contribution in [0.5, 0.6) is 0 Å². The molecule has 39 heavy (non-hydrogen) atoms. The summed E-state index contributed by atoms with van der Waals surface area (Å²) in [5.41, 5.74) is 0.978. The highest BCUT2D eigenvalue weighted by molar-refractivity contribution is 6.67. The second kappa shape index (κ2) is 12.9. The lowest BCUT2D eigenvalue weighted by Crippen LogP contribution is -2.49. The lowest BCUT2D eigenvalue weighted by atomic mass is 9.88. The molecule has 204 valence electrons. The number of carbonyl (C=O) groups excluding carboxylic acids is 6. The van der Waals surface area contributed by atoms with Crippen LogP contribution in [-0.4, -0.2) is 69.4 Å². The molecule has 8 nitrogen and oxygen atoms in total. The minimum Gasteiger partial charge on any atom is -0.339 e. The van der Waals surface area contributed by atoms with E-state index in [9.17, 15) is 28.8 Å². The van der Waals surface area contributed by atoms with E-state index in [4.69, 9.17) is 11.6 Å². The Bertz CT molecular complexity index is 1240. The Kier molecular flexibility index (Phi) is 9.41. The van der Waals surface area contributed by atoms with Crippen LogP contribution in [0.15, 0.2) is 60.7 Å². The molecule has 2 saturated carbocycles. The van der Waals surface area contributed by atoms with Crippen LogP contribution >= 0.6 is 11.6 Å². The fourth-order valence-corrected chi connectivity index (χ4v) is 4.76. The molecule has 1 atom stereocenters. The molecule has 2 saturated heterocycles. The van der Waals surface area contributed by atoms with Crippen LogP contribution in [0.25, 0.3) is 0 Å². The van der Waals surface area contributed by atoms with E-state index in [0.29, 0.717) is 43.1 Å². The molecule has 0 spiro atoms. The number of nitrogens with zero attached hydrogens (tertiary/aromatic N) is 2. The number of ketones is 3. The number of piperidine rings is 2. The van der Waals surface area contributed by atoms with Crippen LogP contribution in [0.1, 0.15) is 65.7 Å². The Morgan fingerprint density at radius 1 is 0.692 bits per heavy atom. The van der Waals surface area contributed by atoms with Gasteiger partial charge in [0, 0.05) is 49.1 Å². The molecule has 0 radical (unpaired) electrons. The number of benzene rings is 2. The van der Waals surface area contributed by atoms with Crippen molar-refractivity contribution in [3.05, 3.63) is 71.8 Å². The second-order valence-electron chi connectivity index (χ2n) is 10.1. The zero-order valence-electron chi connectivity index (χ0n) is 21.6. The van der Waals surface area contributed by atoms with Gasteiger partial charge in [0.05, 0.1) is 6.42 Å². The molecule has 0 aromatic heterocycles. The number of hydrogen-bond acceptors (Lipinski definition) is 6. The van der Waals surface area contributed by atoms with E-state index in [1.165, 1.54) is 0 Å². The van der Waals surface area contributed by atoms with E-state index >= 15 is 0 Å². The number of halogens is 1. The molecule has 2 aromatic rings. The SMILES string of the molecule is O=C(Cl)c1ccccc1.O=C1CCN(C2CC2)C(=O)C1.O=C1CCN(C2CC2)C(=O)C1C(=O)c1ccccc1. The van der Waals surface area contributed by atoms with Crippen molar-refractivity contribution < 1.29 is 28.8 Å². The van der Waals surface area contributed by atoms with E-state index in [1.807, 2.05) is 11.0 Å². The third-order valence-corrected chi connectivity index (χ3v) is 7.27. The molecule has 4 aliphatic rings. The van der Waals surface area contributed by atoms with Crippen molar-refractivity contribution in [2.75, 3.05) is 13.1 Å². The summed E-state index contributed by atoms with van der Waals surface area (Å²) in [5.74, 6) is -1.86. The molecule has 2 aromatic carbocycles. The fourth-order valence-electron chi connectivity index (χ4n) is 4.63. The van der Waals surface area contributed by atoms with Gasteiger partial charge in [-0.15, -0.1) is 0 Å². The number of carbonyl (C=O) groups is 6. The Morgan fingerprint density at radius 2 is 1.21 bits per heavy atom. The molecule has 1 unspecified atom stereocenters. The molecular weight excluding hydrogens is 520 g/mol. The monoisotopic (exact) mass is 550 g/mol. The quantitative estimate of drug-likeness (QED) is 0.318. The number of likely N-dealkylation sites (tertiary alicyclic amines) is 2. The maximum absolute atomic E-state index is 12.3. The summed E-state index contributed by atoms with van der Waals surface area (Å²) in [7, 11) is 0. The third-order valence-electron chi connectivity index (χ3n) is 7.05. The largest absolute Gasteiger partial charge is 0.339 e. The van der Waals surface area contributed by atoms with Crippen molar-refractivity contribution in [3.8, 4) is 0 Å². The van der Waals surface area contributed by atoms with Crippen molar-refractivity contribution in [3.63, 3.8) is 0 Å². The summed E-state index contributed by atoms with van der Waals surface area (Å²) < 4.78 is 0. The number of amides is 2. The van der Waals surface area contributed by atoms with Gasteiger partial charge < -0.3 is 9.80 Å². The van der Waals surface area contributed by atoms with Gasteiger partial charge >= 0.3 is 0 Å². The third kappa shape index (κ3) is 7.69. The van der Waals surface area contributed by atoms with Crippen LogP contribution < -0.4 is 0 Å². The van der Waals surface area contributed by atoms with E-state index in [2.05, 4.69) is 0 Å². The van der Waals surface area contributed by atoms with E-state index in [1.54, 1.807) is 59.5 Å². The van der Waals surface area contributed by atoms with Crippen molar-refractivity contribution in [2.45, 2.75) is 57.0 Å². The first kappa shape index (κ1) is 28.4. The van der Waals surface area contributed by atoms with E-state index in [-0.39, 0.29) is 41.6 Å². The number of rotatable bonds is 5. The van der Waals surface area contributed by atoms with Crippen molar-refractivity contribution in [1.82, 2.24) is 9.80 Å². The number of hydrogen-bond donors (Lipinski definition) is 0. The molecule has 6 rings (SSSR count). The maximum atomic E-state index is 12.3. The summed E-state index contributed by atoms with van der Waals surface area (Å²) in [6, 6.07) is 18.1. The first-order valence-electron chi connectivity index (χ1n) is 13.2. The van der Waals surface area contributed by atoms with Crippen LogP contribution in [0.2, 0.25) is 0 Å². The molecule has 2 heterocycles. The van der Waals surface area contributed by atoms with Crippen LogP contribution in [-0.2, 0) is 19.2 Å². The second-order valence-corrected chi connectivity index (χ2v) is 10.4. The highest BCUT2D eigenvalue weighted by atomic mass is 35.5. The summed E-state index contributed by atoms with van der Waals surface area (Å²) in [5, 5.41) is -0.407. The zero-order chi connectivity index (χ0) is 27.9. The molecule has 0 N–H and O–H groups in total. The maximum Gasteiger partial charge on any atom is 0.252 e. The standard InChI is InChI=1S/C15H15NO3.C8H11NO2.C7H5ClO/c17-12-8-9-16(11-6-7-11)15(19)13(12)14(18)10-4-2-1-3-5-10;10-7-3-4-9(6-1-2-6)8(11)5-7;8-7(9)6-4-2-1-3-5-6/h1-5,11,13H,6-9H2;6H,1-5H2;1-5H. The van der Waals surface area contributed by atoms with E-state index in [0.717, 1.165) is 25.7 Å². The number of Topliss-reactive ketones (excluding diaryl/α,β-unsaturated/α-hetero) is 3. The first-order valence-corrected chi connectivity index (χ1v) is 13.6. The van der Waals surface area contributed by atoms with Gasteiger partial charge in [0.1, 0.15) is 5.78 Å². The van der Waals surface area contributed by atoms with Gasteiger partial charge in [0.15, 0.2) is 17.5 Å². The predicted octanol–water partition coefficient (Wildman–Crippen LogP) is 3.86. The lowest BCUT2D eigenvalue weighted by molar-refractivity contribution is -0.144. The minimum absolute atomic E-state index is 0.0451. The Balaban J connectivity index is 0.000000149. The van der Waals surface area contributed by atoms with Gasteiger partial charge in [-0.05, 0) is 37.3 Å². The summed E-state index contributed by atoms with van der Waals surface area (Å²) in [4.78, 5) is 72.6. The van der Waals surface area contributed by atoms with Gasteiger partial charge in [0.25, 0.3) is 5.24 Å². The lowest BCUT2D eigenvalue weighted by Gasteiger charge is -2.30. The first-order chi connectivity index (χ1) is 18.8. The highest BCUT2D eigenvalue weighted by Gasteiger charge is 2.45. The van der Waals surface area contributed by atoms with Gasteiger partial charge in [-0.1, -0.05) is 60.7 Å². The van der Waals surface area contributed by atoms with Crippen molar-refractivity contribution in [1.29, 1.82) is 0 Å². The average molecular weight is 551 g/mol. The Labute approximate surface area is 232 Å². The molecule has 0 bridgehead atoms. The van der Waals surface area contributed by atoms with Crippen LogP contribution in [0.4, 0.5) is 0 Å². The summed E-state index contributed by atoms with van der Waals surface area (Å²) in [6.45, 7) is 1.14. The van der Waals surface area contributed by atoms with Crippen LogP contribution in [0.3, 0.4) is 0 Å². The molecule has 2 aliphatic carbocycles. The van der Waals surface area contributed by atoms with E-state index < -0.39 is 11.2 Å². The zero-order valence-corrected chi connectivity index (χ0v) is 22.3. The molecule has 2 amide bonds. The topological polar surface area (TPSA) is 109 Å².